The zero-order chi connectivity index (χ0) is 26.2. The zero-order valence-corrected chi connectivity index (χ0v) is 22.6. The Balaban J connectivity index is 1.48. The molecule has 0 spiro atoms. The number of aromatic carboxylic acids is 1. The van der Waals surface area contributed by atoms with Crippen LogP contribution in [0.1, 0.15) is 91.9 Å². The lowest BCUT2D eigenvalue weighted by molar-refractivity contribution is -0.150. The van der Waals surface area contributed by atoms with Gasteiger partial charge >= 0.3 is 5.97 Å². The monoisotopic (exact) mass is 504 g/mol. The molecule has 0 heterocycles. The van der Waals surface area contributed by atoms with Gasteiger partial charge in [-0.05, 0) is 122 Å². The number of aryl methyl sites for hydroxylation is 1. The molecule has 0 radical (unpaired) electrons. The van der Waals surface area contributed by atoms with Crippen LogP contribution in [0.5, 0.6) is 5.75 Å². The second-order valence-electron chi connectivity index (χ2n) is 11.5. The van der Waals surface area contributed by atoms with Crippen molar-refractivity contribution in [1.29, 1.82) is 0 Å². The number of carboxylic acids is 1. The summed E-state index contributed by atoms with van der Waals surface area (Å²) in [4.78, 5) is 11.6. The maximum atomic E-state index is 11.6. The van der Waals surface area contributed by atoms with Crippen molar-refractivity contribution in [2.24, 2.45) is 17.8 Å². The molecular formula is C32H40O5. The summed E-state index contributed by atoms with van der Waals surface area (Å²) in [6.45, 7) is 6.17. The summed E-state index contributed by atoms with van der Waals surface area (Å²) >= 11 is 0. The Morgan fingerprint density at radius 1 is 1.08 bits per heavy atom. The smallest absolute Gasteiger partial charge is 0.335 e. The third kappa shape index (κ3) is 5.35. The Morgan fingerprint density at radius 3 is 2.35 bits per heavy atom. The van der Waals surface area contributed by atoms with Gasteiger partial charge in [-0.1, -0.05) is 31.2 Å². The third-order valence-corrected chi connectivity index (χ3v) is 9.02. The summed E-state index contributed by atoms with van der Waals surface area (Å²) in [6.07, 6.45) is 10.5. The first kappa shape index (κ1) is 26.0. The van der Waals surface area contributed by atoms with Gasteiger partial charge in [0.05, 0.1) is 5.56 Å². The molecule has 0 aromatic heterocycles. The van der Waals surface area contributed by atoms with E-state index in [1.165, 1.54) is 49.7 Å². The lowest BCUT2D eigenvalue weighted by Crippen LogP contribution is -2.48. The van der Waals surface area contributed by atoms with Crippen molar-refractivity contribution in [3.8, 4) is 5.75 Å². The summed E-state index contributed by atoms with van der Waals surface area (Å²) < 4.78 is 17.1. The number of rotatable bonds is 10. The van der Waals surface area contributed by atoms with E-state index in [9.17, 15) is 9.90 Å². The number of carboxylic acid groups (broad SMARTS) is 1. The van der Waals surface area contributed by atoms with E-state index in [1.807, 2.05) is 26.0 Å². The molecule has 37 heavy (non-hydrogen) atoms. The van der Waals surface area contributed by atoms with E-state index in [1.54, 1.807) is 13.2 Å². The van der Waals surface area contributed by atoms with E-state index in [0.717, 1.165) is 40.2 Å². The van der Waals surface area contributed by atoms with E-state index < -0.39 is 5.97 Å². The van der Waals surface area contributed by atoms with Crippen molar-refractivity contribution in [2.45, 2.75) is 77.4 Å². The van der Waals surface area contributed by atoms with Gasteiger partial charge in [0.25, 0.3) is 0 Å². The minimum absolute atomic E-state index is 0.165. The highest BCUT2D eigenvalue weighted by molar-refractivity contribution is 5.90. The molecule has 4 bridgehead atoms. The first-order valence-electron chi connectivity index (χ1n) is 13.8. The van der Waals surface area contributed by atoms with Gasteiger partial charge in [-0.3, -0.25) is 0 Å². The fourth-order valence-corrected chi connectivity index (χ4v) is 7.56. The van der Waals surface area contributed by atoms with Crippen LogP contribution in [0, 0.1) is 17.8 Å². The number of hydrogen-bond donors (Lipinski definition) is 1. The lowest BCUT2D eigenvalue weighted by atomic mass is 9.48. The van der Waals surface area contributed by atoms with Crippen molar-refractivity contribution < 1.29 is 24.1 Å². The molecule has 0 aliphatic heterocycles. The van der Waals surface area contributed by atoms with Crippen molar-refractivity contribution in [1.82, 2.24) is 0 Å². The van der Waals surface area contributed by atoms with E-state index >= 15 is 0 Å². The van der Waals surface area contributed by atoms with E-state index in [-0.39, 0.29) is 18.5 Å². The first-order chi connectivity index (χ1) is 17.8. The standard InChI is InChI=1S/C32H40O5/c1-5-26-14-22(6-8-28(26)31(33)34)10-20(2)27-7-9-30(37-19-36-21(3)35-4)29(15-27)32-16-23-11-24(17-32)13-25(12-23)18-32/h6-10,14-15,21,23-25H,5,11-13,16-19H2,1-4H3,(H,33,34)/b20-10+. The highest BCUT2D eigenvalue weighted by Gasteiger charge is 2.52. The van der Waals surface area contributed by atoms with Crippen LogP contribution in [-0.2, 0) is 21.3 Å². The topological polar surface area (TPSA) is 65.0 Å². The molecule has 198 valence electrons. The van der Waals surface area contributed by atoms with Gasteiger partial charge in [0.15, 0.2) is 13.1 Å². The van der Waals surface area contributed by atoms with Crippen molar-refractivity contribution in [3.63, 3.8) is 0 Å². The van der Waals surface area contributed by atoms with E-state index in [4.69, 9.17) is 14.2 Å². The van der Waals surface area contributed by atoms with Crippen molar-refractivity contribution in [3.05, 3.63) is 64.2 Å². The molecule has 0 amide bonds. The quantitative estimate of drug-likeness (QED) is 0.271. The van der Waals surface area contributed by atoms with E-state index in [0.29, 0.717) is 12.0 Å². The SMILES string of the molecule is CCc1cc(/C=C(\C)c2ccc(OCOC(C)OC)c(C34CC5CC(CC(C5)C3)C4)c2)ccc1C(=O)O. The van der Waals surface area contributed by atoms with Crippen LogP contribution in [0.2, 0.25) is 0 Å². The molecule has 4 saturated carbocycles. The second kappa shape index (κ2) is 10.6. The Bertz CT molecular complexity index is 1140. The normalized spacial score (nSPS) is 27.4. The molecule has 2 aromatic carbocycles. The van der Waals surface area contributed by atoms with Crippen LogP contribution >= 0.6 is 0 Å². The molecule has 0 saturated heterocycles. The number of methoxy groups -OCH3 is 1. The number of allylic oxidation sites excluding steroid dienone is 1. The zero-order valence-electron chi connectivity index (χ0n) is 22.6. The molecule has 4 aliphatic carbocycles. The second-order valence-corrected chi connectivity index (χ2v) is 11.5. The predicted molar refractivity (Wildman–Crippen MR) is 146 cm³/mol. The Labute approximate surface area is 220 Å². The van der Waals surface area contributed by atoms with Gasteiger partial charge in [-0.2, -0.15) is 0 Å². The van der Waals surface area contributed by atoms with Crippen LogP contribution in [-0.4, -0.2) is 31.3 Å². The molecule has 1 N–H and O–H groups in total. The largest absolute Gasteiger partial charge is 0.478 e. The fourth-order valence-electron chi connectivity index (χ4n) is 7.56. The van der Waals surface area contributed by atoms with Gasteiger partial charge in [0, 0.05) is 12.7 Å². The molecule has 4 fully saturated rings. The molecule has 5 nitrogen and oxygen atoms in total. The molecule has 1 unspecified atom stereocenters. The Hall–Kier alpha value is -2.63. The minimum Gasteiger partial charge on any atom is -0.478 e. The fraction of sp³-hybridized carbons (Fsp3) is 0.531. The third-order valence-electron chi connectivity index (χ3n) is 9.02. The van der Waals surface area contributed by atoms with Crippen LogP contribution < -0.4 is 4.74 Å². The molecule has 1 atom stereocenters. The Morgan fingerprint density at radius 2 is 1.76 bits per heavy atom. The summed E-state index contributed by atoms with van der Waals surface area (Å²) in [7, 11) is 1.63. The lowest BCUT2D eigenvalue weighted by Gasteiger charge is -2.57. The van der Waals surface area contributed by atoms with Gasteiger partial charge in [0.1, 0.15) is 5.75 Å². The summed E-state index contributed by atoms with van der Waals surface area (Å²) in [5.74, 6) is 2.57. The molecule has 5 heteroatoms. The number of benzene rings is 2. The van der Waals surface area contributed by atoms with Gasteiger partial charge in [-0.15, -0.1) is 0 Å². The van der Waals surface area contributed by atoms with Crippen LogP contribution in [0.15, 0.2) is 36.4 Å². The Kier molecular flexibility index (Phi) is 7.46. The maximum absolute atomic E-state index is 11.6. The molecule has 4 aliphatic rings. The van der Waals surface area contributed by atoms with E-state index in [2.05, 4.69) is 31.2 Å². The average molecular weight is 505 g/mol. The highest BCUT2D eigenvalue weighted by Crippen LogP contribution is 2.62. The molecular weight excluding hydrogens is 464 g/mol. The van der Waals surface area contributed by atoms with Gasteiger partial charge < -0.3 is 19.3 Å². The maximum Gasteiger partial charge on any atom is 0.335 e. The van der Waals surface area contributed by atoms with Crippen LogP contribution in [0.3, 0.4) is 0 Å². The van der Waals surface area contributed by atoms with Crippen molar-refractivity contribution in [2.75, 3.05) is 13.9 Å². The number of ether oxygens (including phenoxy) is 3. The van der Waals surface area contributed by atoms with Crippen molar-refractivity contribution >= 4 is 17.6 Å². The van der Waals surface area contributed by atoms with Gasteiger partial charge in [-0.25, -0.2) is 4.79 Å². The van der Waals surface area contributed by atoms with Crippen LogP contribution in [0.4, 0.5) is 0 Å². The van der Waals surface area contributed by atoms with Gasteiger partial charge in [0.2, 0.25) is 0 Å². The molecule has 2 aromatic rings. The molecule has 6 rings (SSSR count). The highest BCUT2D eigenvalue weighted by atomic mass is 16.7. The minimum atomic E-state index is -0.872. The first-order valence-corrected chi connectivity index (χ1v) is 13.8. The average Bonchev–Trinajstić information content (AvgIpc) is 2.87. The summed E-state index contributed by atoms with van der Waals surface area (Å²) in [5, 5.41) is 9.48. The number of hydrogen-bond acceptors (Lipinski definition) is 4. The predicted octanol–water partition coefficient (Wildman–Crippen LogP) is 7.32. The summed E-state index contributed by atoms with van der Waals surface area (Å²) in [5.41, 5.74) is 6.13. The number of carbonyl (C=O) groups is 1. The summed E-state index contributed by atoms with van der Waals surface area (Å²) in [6, 6.07) is 12.2. The van der Waals surface area contributed by atoms with Crippen LogP contribution in [0.25, 0.3) is 11.6 Å².